The van der Waals surface area contributed by atoms with Crippen molar-refractivity contribution in [2.45, 2.75) is 20.0 Å². The molecule has 2 rings (SSSR count). The van der Waals surface area contributed by atoms with Gasteiger partial charge in [-0.15, -0.1) is 12.4 Å². The molecule has 0 amide bonds. The van der Waals surface area contributed by atoms with E-state index in [2.05, 4.69) is 43.3 Å². The molecule has 0 aliphatic rings. The largest absolute Gasteiger partial charge is 0.489 e. The summed E-state index contributed by atoms with van der Waals surface area (Å²) in [5.74, 6) is 0.899. The van der Waals surface area contributed by atoms with Crippen LogP contribution in [0.25, 0.3) is 0 Å². The lowest BCUT2D eigenvalue weighted by atomic mass is 10.1. The third-order valence-corrected chi connectivity index (χ3v) is 2.88. The van der Waals surface area contributed by atoms with E-state index >= 15 is 0 Å². The molecule has 0 aliphatic carbocycles. The lowest BCUT2D eigenvalue weighted by Gasteiger charge is -2.07. The first-order chi connectivity index (χ1) is 8.78. The Hall–Kier alpha value is -1.51. The number of hydrogen-bond acceptors (Lipinski definition) is 2. The molecule has 0 bridgehead atoms. The topological polar surface area (TPSA) is 35.2 Å². The van der Waals surface area contributed by atoms with Gasteiger partial charge in [0.05, 0.1) is 0 Å². The van der Waals surface area contributed by atoms with E-state index in [1.807, 2.05) is 12.1 Å². The molecule has 0 fully saturated rings. The number of benzene rings is 2. The molecule has 0 heterocycles. The molecule has 0 saturated carbocycles. The van der Waals surface area contributed by atoms with Crippen molar-refractivity contribution >= 4 is 12.4 Å². The van der Waals surface area contributed by atoms with Gasteiger partial charge in [0.25, 0.3) is 0 Å². The highest BCUT2D eigenvalue weighted by Gasteiger charge is 1.97. The van der Waals surface area contributed by atoms with Gasteiger partial charge in [-0.05, 0) is 43.1 Å². The highest BCUT2D eigenvalue weighted by Crippen LogP contribution is 2.14. The van der Waals surface area contributed by atoms with Gasteiger partial charge in [0, 0.05) is 0 Å². The lowest BCUT2D eigenvalue weighted by Crippen LogP contribution is -2.02. The van der Waals surface area contributed by atoms with Gasteiger partial charge in [-0.25, -0.2) is 0 Å². The summed E-state index contributed by atoms with van der Waals surface area (Å²) in [7, 11) is 0. The Bertz CT molecular complexity index is 479. The molecule has 0 atom stereocenters. The third kappa shape index (κ3) is 4.93. The standard InChI is InChI=1S/C16H19NO.ClH/c1-13-2-4-15(5-3-13)12-18-16-8-6-14(7-9-16)10-11-17;/h2-9H,10-12,17H2,1H3;1H. The Morgan fingerprint density at radius 2 is 1.47 bits per heavy atom. The van der Waals surface area contributed by atoms with Crippen LogP contribution < -0.4 is 10.5 Å². The van der Waals surface area contributed by atoms with Crippen LogP contribution in [0.15, 0.2) is 48.5 Å². The molecule has 2 aromatic carbocycles. The van der Waals surface area contributed by atoms with Crippen molar-refractivity contribution in [3.8, 4) is 5.75 Å². The Balaban J connectivity index is 0.00000180. The fourth-order valence-electron chi connectivity index (χ4n) is 1.77. The zero-order valence-corrected chi connectivity index (χ0v) is 12.0. The Kier molecular flexibility index (Phi) is 6.40. The molecule has 3 heteroatoms. The van der Waals surface area contributed by atoms with Gasteiger partial charge < -0.3 is 10.5 Å². The Morgan fingerprint density at radius 1 is 0.895 bits per heavy atom. The summed E-state index contributed by atoms with van der Waals surface area (Å²) in [6.45, 7) is 3.38. The maximum absolute atomic E-state index is 5.73. The summed E-state index contributed by atoms with van der Waals surface area (Å²) >= 11 is 0. The summed E-state index contributed by atoms with van der Waals surface area (Å²) in [6.07, 6.45) is 0.915. The molecule has 0 spiro atoms. The molecule has 2 aromatic rings. The number of rotatable bonds is 5. The van der Waals surface area contributed by atoms with E-state index in [0.717, 1.165) is 12.2 Å². The normalized spacial score (nSPS) is 9.79. The minimum atomic E-state index is 0. The first-order valence-corrected chi connectivity index (χ1v) is 6.25. The molecule has 19 heavy (non-hydrogen) atoms. The Morgan fingerprint density at radius 3 is 2.05 bits per heavy atom. The van der Waals surface area contributed by atoms with Crippen LogP contribution in [-0.4, -0.2) is 6.54 Å². The smallest absolute Gasteiger partial charge is 0.119 e. The summed E-state index contributed by atoms with van der Waals surface area (Å²) in [5, 5.41) is 0. The average molecular weight is 278 g/mol. The second-order valence-corrected chi connectivity index (χ2v) is 4.46. The van der Waals surface area contributed by atoms with Gasteiger partial charge in [-0.2, -0.15) is 0 Å². The zero-order valence-electron chi connectivity index (χ0n) is 11.1. The molecule has 2 nitrogen and oxygen atoms in total. The number of aryl methyl sites for hydroxylation is 1. The van der Waals surface area contributed by atoms with Gasteiger partial charge in [-0.1, -0.05) is 42.0 Å². The van der Waals surface area contributed by atoms with Crippen LogP contribution in [0, 0.1) is 6.92 Å². The van der Waals surface area contributed by atoms with Gasteiger partial charge in [0.2, 0.25) is 0 Å². The summed E-state index contributed by atoms with van der Waals surface area (Å²) < 4.78 is 5.73. The molecule has 0 aromatic heterocycles. The summed E-state index contributed by atoms with van der Waals surface area (Å²) in [5.41, 5.74) is 9.22. The molecule has 0 saturated heterocycles. The SMILES string of the molecule is Cc1ccc(COc2ccc(CCN)cc2)cc1.Cl. The van der Waals surface area contributed by atoms with Gasteiger partial charge >= 0.3 is 0 Å². The molecule has 0 unspecified atom stereocenters. The van der Waals surface area contributed by atoms with Crippen LogP contribution in [0.1, 0.15) is 16.7 Å². The predicted molar refractivity (Wildman–Crippen MR) is 82.0 cm³/mol. The van der Waals surface area contributed by atoms with Crippen molar-refractivity contribution in [2.24, 2.45) is 5.73 Å². The minimum Gasteiger partial charge on any atom is -0.489 e. The highest BCUT2D eigenvalue weighted by atomic mass is 35.5. The molecule has 0 radical (unpaired) electrons. The fraction of sp³-hybridized carbons (Fsp3) is 0.250. The van der Waals surface area contributed by atoms with Gasteiger partial charge in [0.15, 0.2) is 0 Å². The van der Waals surface area contributed by atoms with E-state index in [1.54, 1.807) is 0 Å². The number of hydrogen-bond donors (Lipinski definition) is 1. The lowest BCUT2D eigenvalue weighted by molar-refractivity contribution is 0.306. The van der Waals surface area contributed by atoms with Gasteiger partial charge in [-0.3, -0.25) is 0 Å². The molecule has 2 N–H and O–H groups in total. The summed E-state index contributed by atoms with van der Waals surface area (Å²) in [6, 6.07) is 16.5. The summed E-state index contributed by atoms with van der Waals surface area (Å²) in [4.78, 5) is 0. The van der Waals surface area contributed by atoms with Crippen molar-refractivity contribution in [1.82, 2.24) is 0 Å². The van der Waals surface area contributed by atoms with Gasteiger partial charge in [0.1, 0.15) is 12.4 Å². The van der Waals surface area contributed by atoms with E-state index in [4.69, 9.17) is 10.5 Å². The van der Waals surface area contributed by atoms with Crippen molar-refractivity contribution in [2.75, 3.05) is 6.54 Å². The van der Waals surface area contributed by atoms with Crippen LogP contribution in [0.3, 0.4) is 0 Å². The van der Waals surface area contributed by atoms with Crippen LogP contribution in [0.4, 0.5) is 0 Å². The zero-order chi connectivity index (χ0) is 12.8. The van der Waals surface area contributed by atoms with Crippen molar-refractivity contribution in [3.05, 3.63) is 65.2 Å². The quantitative estimate of drug-likeness (QED) is 0.908. The van der Waals surface area contributed by atoms with Crippen LogP contribution in [0.5, 0.6) is 5.75 Å². The van der Waals surface area contributed by atoms with Crippen molar-refractivity contribution < 1.29 is 4.74 Å². The molecule has 102 valence electrons. The predicted octanol–water partition coefficient (Wildman–Crippen LogP) is 3.50. The van der Waals surface area contributed by atoms with Crippen LogP contribution in [-0.2, 0) is 13.0 Å². The highest BCUT2D eigenvalue weighted by molar-refractivity contribution is 5.85. The van der Waals surface area contributed by atoms with Crippen molar-refractivity contribution in [3.63, 3.8) is 0 Å². The second-order valence-electron chi connectivity index (χ2n) is 4.46. The van der Waals surface area contributed by atoms with E-state index in [9.17, 15) is 0 Å². The number of nitrogens with two attached hydrogens (primary N) is 1. The number of halogens is 1. The maximum atomic E-state index is 5.73. The second kappa shape index (κ2) is 7.82. The van der Waals surface area contributed by atoms with E-state index < -0.39 is 0 Å². The monoisotopic (exact) mass is 277 g/mol. The van der Waals surface area contributed by atoms with E-state index in [1.165, 1.54) is 16.7 Å². The first kappa shape index (κ1) is 15.5. The molecule has 0 aliphatic heterocycles. The van der Waals surface area contributed by atoms with Crippen LogP contribution >= 0.6 is 12.4 Å². The fourth-order valence-corrected chi connectivity index (χ4v) is 1.77. The first-order valence-electron chi connectivity index (χ1n) is 6.25. The third-order valence-electron chi connectivity index (χ3n) is 2.88. The van der Waals surface area contributed by atoms with Crippen molar-refractivity contribution in [1.29, 1.82) is 0 Å². The van der Waals surface area contributed by atoms with E-state index in [-0.39, 0.29) is 12.4 Å². The minimum absolute atomic E-state index is 0. The van der Waals surface area contributed by atoms with Crippen LogP contribution in [0.2, 0.25) is 0 Å². The molecular weight excluding hydrogens is 258 g/mol. The molecular formula is C16H20ClNO. The number of ether oxygens (including phenoxy) is 1. The van der Waals surface area contributed by atoms with E-state index in [0.29, 0.717) is 13.2 Å². The Labute approximate surface area is 121 Å². The average Bonchev–Trinajstić information content (AvgIpc) is 2.40. The maximum Gasteiger partial charge on any atom is 0.119 e.